The van der Waals surface area contributed by atoms with E-state index in [2.05, 4.69) is 37.2 Å². The maximum Gasteiger partial charge on any atom is 0.253 e. The minimum atomic E-state index is -0.138. The normalized spacial score (nSPS) is 12.2. The van der Waals surface area contributed by atoms with Crippen molar-refractivity contribution in [2.75, 3.05) is 25.4 Å². The van der Waals surface area contributed by atoms with Crippen molar-refractivity contribution < 1.29 is 4.79 Å². The lowest BCUT2D eigenvalue weighted by Crippen LogP contribution is -2.47. The number of carbonyl (C=O) groups is 1. The minimum absolute atomic E-state index is 0.138. The Hall–Kier alpha value is -2.07. The van der Waals surface area contributed by atoms with E-state index in [1.807, 2.05) is 24.3 Å². The van der Waals surface area contributed by atoms with Crippen LogP contribution in [0.25, 0.3) is 0 Å². The van der Waals surface area contributed by atoms with E-state index in [9.17, 15) is 4.79 Å². The number of benzene rings is 1. The molecule has 1 atom stereocenters. The molecule has 0 radical (unpaired) electrons. The molecular weight excluding hydrogens is 274 g/mol. The number of anilines is 1. The molecule has 0 aromatic heterocycles. The van der Waals surface area contributed by atoms with Gasteiger partial charge in [-0.15, -0.1) is 13.2 Å². The summed E-state index contributed by atoms with van der Waals surface area (Å²) in [5, 5.41) is 2.99. The molecule has 1 rings (SSSR count). The van der Waals surface area contributed by atoms with Gasteiger partial charge in [-0.1, -0.05) is 38.1 Å². The van der Waals surface area contributed by atoms with Gasteiger partial charge in [0, 0.05) is 31.4 Å². The van der Waals surface area contributed by atoms with Gasteiger partial charge < -0.3 is 11.1 Å². The van der Waals surface area contributed by atoms with Gasteiger partial charge in [-0.05, 0) is 18.1 Å². The number of hydrogen-bond acceptors (Lipinski definition) is 3. The van der Waals surface area contributed by atoms with Gasteiger partial charge in [-0.3, -0.25) is 9.69 Å². The number of para-hydroxylation sites is 1. The van der Waals surface area contributed by atoms with E-state index >= 15 is 0 Å². The van der Waals surface area contributed by atoms with Crippen molar-refractivity contribution >= 4 is 11.6 Å². The molecular formula is C18H27N3O. The summed E-state index contributed by atoms with van der Waals surface area (Å²) < 4.78 is 0. The van der Waals surface area contributed by atoms with Crippen LogP contribution in [0.5, 0.6) is 0 Å². The molecule has 3 N–H and O–H groups in total. The maximum atomic E-state index is 12.3. The first-order valence-corrected chi connectivity index (χ1v) is 7.59. The first-order valence-electron chi connectivity index (χ1n) is 7.59. The summed E-state index contributed by atoms with van der Waals surface area (Å²) in [6.07, 6.45) is 3.74. The van der Waals surface area contributed by atoms with Crippen molar-refractivity contribution in [1.82, 2.24) is 10.2 Å². The molecule has 0 bridgehead atoms. The SMILES string of the molecule is C=CCN(CC=C)C(CNC(=O)c1ccccc1N)C(C)C. The maximum absolute atomic E-state index is 12.3. The second kappa shape index (κ2) is 9.05. The highest BCUT2D eigenvalue weighted by atomic mass is 16.1. The topological polar surface area (TPSA) is 58.4 Å². The summed E-state index contributed by atoms with van der Waals surface area (Å²) in [7, 11) is 0. The van der Waals surface area contributed by atoms with Crippen molar-refractivity contribution in [3.8, 4) is 0 Å². The molecule has 0 fully saturated rings. The van der Waals surface area contributed by atoms with Crippen LogP contribution >= 0.6 is 0 Å². The third-order valence-electron chi connectivity index (χ3n) is 3.64. The Morgan fingerprint density at radius 3 is 2.36 bits per heavy atom. The molecule has 0 heterocycles. The Kier molecular flexibility index (Phi) is 7.40. The molecule has 1 unspecified atom stereocenters. The third kappa shape index (κ3) is 5.04. The Morgan fingerprint density at radius 1 is 1.27 bits per heavy atom. The van der Waals surface area contributed by atoms with E-state index in [0.717, 1.165) is 13.1 Å². The predicted octanol–water partition coefficient (Wildman–Crippen LogP) is 2.70. The number of nitrogens with zero attached hydrogens (tertiary/aromatic N) is 1. The molecule has 4 heteroatoms. The number of nitrogens with two attached hydrogens (primary N) is 1. The van der Waals surface area contributed by atoms with Gasteiger partial charge in [0.1, 0.15) is 0 Å². The molecule has 0 spiro atoms. The zero-order valence-electron chi connectivity index (χ0n) is 13.6. The Morgan fingerprint density at radius 2 is 1.86 bits per heavy atom. The van der Waals surface area contributed by atoms with E-state index in [1.54, 1.807) is 12.1 Å². The fraction of sp³-hybridized carbons (Fsp3) is 0.389. The van der Waals surface area contributed by atoms with Crippen molar-refractivity contribution in [1.29, 1.82) is 0 Å². The van der Waals surface area contributed by atoms with Gasteiger partial charge in [0.2, 0.25) is 0 Å². The highest BCUT2D eigenvalue weighted by Crippen LogP contribution is 2.13. The Balaban J connectivity index is 2.75. The Bertz CT molecular complexity index is 501. The molecule has 0 aliphatic heterocycles. The zero-order valence-corrected chi connectivity index (χ0v) is 13.6. The van der Waals surface area contributed by atoms with Gasteiger partial charge in [0.15, 0.2) is 0 Å². The molecule has 22 heavy (non-hydrogen) atoms. The lowest BCUT2D eigenvalue weighted by molar-refractivity contribution is 0.0928. The number of nitrogen functional groups attached to an aromatic ring is 1. The van der Waals surface area contributed by atoms with Crippen molar-refractivity contribution in [2.45, 2.75) is 19.9 Å². The van der Waals surface area contributed by atoms with Gasteiger partial charge >= 0.3 is 0 Å². The summed E-state index contributed by atoms with van der Waals surface area (Å²) >= 11 is 0. The van der Waals surface area contributed by atoms with Crippen LogP contribution in [0.2, 0.25) is 0 Å². The first-order chi connectivity index (χ1) is 10.5. The molecule has 0 saturated carbocycles. The second-order valence-electron chi connectivity index (χ2n) is 5.64. The van der Waals surface area contributed by atoms with E-state index in [0.29, 0.717) is 23.7 Å². The number of hydrogen-bond donors (Lipinski definition) is 2. The van der Waals surface area contributed by atoms with Gasteiger partial charge in [-0.25, -0.2) is 0 Å². The van der Waals surface area contributed by atoms with Crippen LogP contribution in [0.1, 0.15) is 24.2 Å². The summed E-state index contributed by atoms with van der Waals surface area (Å²) in [6, 6.07) is 7.31. The standard InChI is InChI=1S/C18H27N3O/c1-5-11-21(12-6-2)17(14(3)4)13-20-18(22)15-9-7-8-10-16(15)19/h5-10,14,17H,1-2,11-13,19H2,3-4H3,(H,20,22). The van der Waals surface area contributed by atoms with Crippen molar-refractivity contribution in [3.05, 3.63) is 55.1 Å². The predicted molar refractivity (Wildman–Crippen MR) is 93.8 cm³/mol. The Labute approximate surface area is 133 Å². The molecule has 1 amide bonds. The molecule has 0 aliphatic carbocycles. The fourth-order valence-corrected chi connectivity index (χ4v) is 2.46. The van der Waals surface area contributed by atoms with Gasteiger partial charge in [0.05, 0.1) is 5.56 Å². The first kappa shape index (κ1) is 18.0. The largest absolute Gasteiger partial charge is 0.398 e. The third-order valence-corrected chi connectivity index (χ3v) is 3.64. The second-order valence-corrected chi connectivity index (χ2v) is 5.64. The summed E-state index contributed by atoms with van der Waals surface area (Å²) in [5.41, 5.74) is 6.86. The fourth-order valence-electron chi connectivity index (χ4n) is 2.46. The monoisotopic (exact) mass is 301 g/mol. The van der Waals surface area contributed by atoms with Crippen molar-refractivity contribution in [2.24, 2.45) is 5.92 Å². The van der Waals surface area contributed by atoms with Crippen LogP contribution < -0.4 is 11.1 Å². The highest BCUT2D eigenvalue weighted by Gasteiger charge is 2.21. The van der Waals surface area contributed by atoms with Crippen LogP contribution in [-0.4, -0.2) is 36.5 Å². The van der Waals surface area contributed by atoms with E-state index in [1.165, 1.54) is 0 Å². The summed E-state index contributed by atoms with van der Waals surface area (Å²) in [5.74, 6) is 0.259. The van der Waals surface area contributed by atoms with Crippen LogP contribution in [0, 0.1) is 5.92 Å². The summed E-state index contributed by atoms with van der Waals surface area (Å²) in [4.78, 5) is 14.5. The quantitative estimate of drug-likeness (QED) is 0.544. The van der Waals surface area contributed by atoms with E-state index < -0.39 is 0 Å². The molecule has 120 valence electrons. The highest BCUT2D eigenvalue weighted by molar-refractivity contribution is 5.99. The lowest BCUT2D eigenvalue weighted by Gasteiger charge is -2.33. The molecule has 0 saturated heterocycles. The average Bonchev–Trinajstić information content (AvgIpc) is 2.47. The average molecular weight is 301 g/mol. The molecule has 1 aromatic carbocycles. The zero-order chi connectivity index (χ0) is 16.5. The molecule has 0 aliphatic rings. The van der Waals surface area contributed by atoms with Crippen LogP contribution in [0.15, 0.2) is 49.6 Å². The number of rotatable bonds is 9. The van der Waals surface area contributed by atoms with Crippen LogP contribution in [0.3, 0.4) is 0 Å². The number of amides is 1. The minimum Gasteiger partial charge on any atom is -0.398 e. The number of carbonyl (C=O) groups excluding carboxylic acids is 1. The summed E-state index contributed by atoms with van der Waals surface area (Å²) in [6.45, 7) is 14.0. The molecule has 1 aromatic rings. The van der Waals surface area contributed by atoms with Crippen molar-refractivity contribution in [3.63, 3.8) is 0 Å². The molecule has 4 nitrogen and oxygen atoms in total. The number of nitrogens with one attached hydrogen (secondary N) is 1. The van der Waals surface area contributed by atoms with Gasteiger partial charge in [-0.2, -0.15) is 0 Å². The lowest BCUT2D eigenvalue weighted by atomic mass is 10.0. The van der Waals surface area contributed by atoms with Crippen LogP contribution in [-0.2, 0) is 0 Å². The van der Waals surface area contributed by atoms with E-state index in [4.69, 9.17) is 5.73 Å². The van der Waals surface area contributed by atoms with E-state index in [-0.39, 0.29) is 11.9 Å². The smallest absolute Gasteiger partial charge is 0.253 e. The van der Waals surface area contributed by atoms with Crippen LogP contribution in [0.4, 0.5) is 5.69 Å². The van der Waals surface area contributed by atoms with Gasteiger partial charge in [0.25, 0.3) is 5.91 Å².